The quantitative estimate of drug-likeness (QED) is 0.705. The van der Waals surface area contributed by atoms with Crippen LogP contribution < -0.4 is 5.73 Å². The maximum absolute atomic E-state index is 5.75. The first-order valence-corrected chi connectivity index (χ1v) is 5.69. The monoisotopic (exact) mass is 236 g/mol. The maximum Gasteiger partial charge on any atom is 0.128 e. The minimum atomic E-state index is 0.490. The molecule has 0 saturated carbocycles. The lowest BCUT2D eigenvalue weighted by molar-refractivity contribution is 1.07. The molecule has 0 aliphatic rings. The van der Waals surface area contributed by atoms with Gasteiger partial charge < -0.3 is 5.73 Å². The van der Waals surface area contributed by atoms with E-state index in [0.29, 0.717) is 11.6 Å². The van der Waals surface area contributed by atoms with Crippen molar-refractivity contribution in [2.75, 3.05) is 5.73 Å². The van der Waals surface area contributed by atoms with E-state index in [-0.39, 0.29) is 0 Å². The Hall–Kier alpha value is -2.49. The molecule has 0 unspecified atom stereocenters. The molecule has 0 fully saturated rings. The summed E-state index contributed by atoms with van der Waals surface area (Å²) in [7, 11) is 0. The van der Waals surface area contributed by atoms with E-state index in [0.717, 1.165) is 22.2 Å². The Morgan fingerprint density at radius 2 is 1.94 bits per heavy atom. The third-order valence-electron chi connectivity index (χ3n) is 2.76. The van der Waals surface area contributed by atoms with E-state index in [1.54, 1.807) is 12.3 Å². The van der Waals surface area contributed by atoms with Crippen molar-refractivity contribution in [2.24, 2.45) is 0 Å². The Balaban J connectivity index is 2.19. The highest BCUT2D eigenvalue weighted by molar-refractivity contribution is 5.83. The SMILES string of the molecule is Cc1nc(N)cc(-c2ccc3ncccc3c2)n1. The van der Waals surface area contributed by atoms with Crippen LogP contribution in [0.4, 0.5) is 5.82 Å². The van der Waals surface area contributed by atoms with Gasteiger partial charge in [-0.05, 0) is 25.1 Å². The van der Waals surface area contributed by atoms with Crippen LogP contribution in [0.1, 0.15) is 5.82 Å². The molecule has 3 aromatic rings. The predicted molar refractivity (Wildman–Crippen MR) is 71.9 cm³/mol. The number of nitrogen functional groups attached to an aromatic ring is 1. The smallest absolute Gasteiger partial charge is 0.128 e. The van der Waals surface area contributed by atoms with Gasteiger partial charge in [-0.2, -0.15) is 0 Å². The van der Waals surface area contributed by atoms with E-state index in [1.807, 2.05) is 31.2 Å². The summed E-state index contributed by atoms with van der Waals surface area (Å²) < 4.78 is 0. The number of nitrogens with two attached hydrogens (primary N) is 1. The molecule has 2 aromatic heterocycles. The van der Waals surface area contributed by atoms with E-state index in [4.69, 9.17) is 5.73 Å². The Morgan fingerprint density at radius 1 is 1.06 bits per heavy atom. The van der Waals surface area contributed by atoms with Crippen molar-refractivity contribution in [2.45, 2.75) is 6.92 Å². The second-order valence-electron chi connectivity index (χ2n) is 4.14. The van der Waals surface area contributed by atoms with Gasteiger partial charge in [0.15, 0.2) is 0 Å². The second kappa shape index (κ2) is 4.07. The average molecular weight is 236 g/mol. The van der Waals surface area contributed by atoms with Crippen LogP contribution in [0.25, 0.3) is 22.2 Å². The fraction of sp³-hybridized carbons (Fsp3) is 0.0714. The highest BCUT2D eigenvalue weighted by Gasteiger charge is 2.04. The molecule has 1 aromatic carbocycles. The highest BCUT2D eigenvalue weighted by Crippen LogP contribution is 2.22. The second-order valence-corrected chi connectivity index (χ2v) is 4.14. The molecule has 0 bridgehead atoms. The highest BCUT2D eigenvalue weighted by atomic mass is 14.9. The molecule has 0 radical (unpaired) electrons. The number of rotatable bonds is 1. The average Bonchev–Trinajstić information content (AvgIpc) is 2.37. The third-order valence-corrected chi connectivity index (χ3v) is 2.76. The lowest BCUT2D eigenvalue weighted by Crippen LogP contribution is -1.97. The number of fused-ring (bicyclic) bond motifs is 1. The zero-order valence-corrected chi connectivity index (χ0v) is 9.96. The van der Waals surface area contributed by atoms with Crippen LogP contribution in [0.3, 0.4) is 0 Å². The molecule has 4 nitrogen and oxygen atoms in total. The minimum Gasteiger partial charge on any atom is -0.384 e. The predicted octanol–water partition coefficient (Wildman–Crippen LogP) is 2.58. The molecule has 88 valence electrons. The van der Waals surface area contributed by atoms with Crippen LogP contribution >= 0.6 is 0 Å². The molecular weight excluding hydrogens is 224 g/mol. The van der Waals surface area contributed by atoms with Crippen LogP contribution in [-0.2, 0) is 0 Å². The number of nitrogens with zero attached hydrogens (tertiary/aromatic N) is 3. The Kier molecular flexibility index (Phi) is 2.41. The van der Waals surface area contributed by atoms with E-state index in [9.17, 15) is 0 Å². The van der Waals surface area contributed by atoms with Crippen molar-refractivity contribution in [1.29, 1.82) is 0 Å². The van der Waals surface area contributed by atoms with Crippen LogP contribution in [0.15, 0.2) is 42.6 Å². The largest absolute Gasteiger partial charge is 0.384 e. The third kappa shape index (κ3) is 1.88. The molecule has 0 aliphatic heterocycles. The van der Waals surface area contributed by atoms with Gasteiger partial charge in [-0.1, -0.05) is 12.1 Å². The fourth-order valence-corrected chi connectivity index (χ4v) is 1.97. The fourth-order valence-electron chi connectivity index (χ4n) is 1.97. The molecule has 0 spiro atoms. The van der Waals surface area contributed by atoms with Crippen molar-refractivity contribution in [3.05, 3.63) is 48.4 Å². The van der Waals surface area contributed by atoms with Gasteiger partial charge in [0.25, 0.3) is 0 Å². The van der Waals surface area contributed by atoms with Gasteiger partial charge in [0.1, 0.15) is 11.6 Å². The first kappa shape index (κ1) is 10.7. The van der Waals surface area contributed by atoms with Crippen molar-refractivity contribution in [3.8, 4) is 11.3 Å². The van der Waals surface area contributed by atoms with Gasteiger partial charge in [-0.25, -0.2) is 9.97 Å². The number of pyridine rings is 1. The minimum absolute atomic E-state index is 0.490. The first-order chi connectivity index (χ1) is 8.72. The molecule has 18 heavy (non-hydrogen) atoms. The number of benzene rings is 1. The number of hydrogen-bond donors (Lipinski definition) is 1. The van der Waals surface area contributed by atoms with Gasteiger partial charge in [0.2, 0.25) is 0 Å². The van der Waals surface area contributed by atoms with Crippen LogP contribution in [-0.4, -0.2) is 15.0 Å². The molecule has 4 heteroatoms. The normalized spacial score (nSPS) is 10.7. The molecule has 3 rings (SSSR count). The molecule has 2 N–H and O–H groups in total. The summed E-state index contributed by atoms with van der Waals surface area (Å²) in [6.07, 6.45) is 1.79. The number of aromatic nitrogens is 3. The summed E-state index contributed by atoms with van der Waals surface area (Å²) in [5.74, 6) is 1.17. The molecule has 0 amide bonds. The van der Waals surface area contributed by atoms with Crippen molar-refractivity contribution in [1.82, 2.24) is 15.0 Å². The van der Waals surface area contributed by atoms with Crippen LogP contribution in [0.5, 0.6) is 0 Å². The molecule has 2 heterocycles. The Labute approximate surface area is 105 Å². The Bertz CT molecular complexity index is 702. The van der Waals surface area contributed by atoms with E-state index >= 15 is 0 Å². The van der Waals surface area contributed by atoms with E-state index < -0.39 is 0 Å². The van der Waals surface area contributed by atoms with E-state index in [2.05, 4.69) is 21.0 Å². The molecule has 0 aliphatic carbocycles. The number of aryl methyl sites for hydroxylation is 1. The summed E-state index contributed by atoms with van der Waals surface area (Å²) in [6, 6.07) is 11.8. The number of anilines is 1. The Morgan fingerprint density at radius 3 is 2.78 bits per heavy atom. The summed E-state index contributed by atoms with van der Waals surface area (Å²) in [5.41, 5.74) is 8.58. The van der Waals surface area contributed by atoms with Gasteiger partial charge in [-0.3, -0.25) is 4.98 Å². The van der Waals surface area contributed by atoms with Gasteiger partial charge in [-0.15, -0.1) is 0 Å². The maximum atomic E-state index is 5.75. The standard InChI is InChI=1S/C14H12N4/c1-9-17-13(8-14(15)18-9)11-4-5-12-10(7-11)3-2-6-16-12/h2-8H,1H3,(H2,15,17,18). The summed E-state index contributed by atoms with van der Waals surface area (Å²) in [6.45, 7) is 1.84. The van der Waals surface area contributed by atoms with Crippen LogP contribution in [0.2, 0.25) is 0 Å². The van der Waals surface area contributed by atoms with Gasteiger partial charge in [0.05, 0.1) is 11.2 Å². The molecular formula is C14H12N4. The molecule has 0 saturated heterocycles. The van der Waals surface area contributed by atoms with Crippen molar-refractivity contribution >= 4 is 16.7 Å². The lowest BCUT2D eigenvalue weighted by Gasteiger charge is -2.04. The zero-order chi connectivity index (χ0) is 12.5. The van der Waals surface area contributed by atoms with Gasteiger partial charge >= 0.3 is 0 Å². The topological polar surface area (TPSA) is 64.7 Å². The summed E-state index contributed by atoms with van der Waals surface area (Å²) in [5, 5.41) is 1.09. The van der Waals surface area contributed by atoms with Gasteiger partial charge in [0, 0.05) is 23.2 Å². The lowest BCUT2D eigenvalue weighted by atomic mass is 10.1. The van der Waals surface area contributed by atoms with Crippen molar-refractivity contribution < 1.29 is 0 Å². The van der Waals surface area contributed by atoms with Crippen LogP contribution in [0, 0.1) is 6.92 Å². The van der Waals surface area contributed by atoms with E-state index in [1.165, 1.54) is 0 Å². The number of hydrogen-bond acceptors (Lipinski definition) is 4. The summed E-state index contributed by atoms with van der Waals surface area (Å²) in [4.78, 5) is 12.8. The van der Waals surface area contributed by atoms with Crippen molar-refractivity contribution in [3.63, 3.8) is 0 Å². The molecule has 0 atom stereocenters. The summed E-state index contributed by atoms with van der Waals surface area (Å²) >= 11 is 0. The zero-order valence-electron chi connectivity index (χ0n) is 9.96. The first-order valence-electron chi connectivity index (χ1n) is 5.69.